The Morgan fingerprint density at radius 2 is 2.00 bits per heavy atom. The smallest absolute Gasteiger partial charge is 0.308 e. The Morgan fingerprint density at radius 1 is 1.26 bits per heavy atom. The highest BCUT2D eigenvalue weighted by Gasteiger charge is 2.32. The van der Waals surface area contributed by atoms with Crippen LogP contribution in [0.3, 0.4) is 0 Å². The average Bonchev–Trinajstić information content (AvgIpc) is 2.87. The minimum absolute atomic E-state index is 0.0482. The van der Waals surface area contributed by atoms with Crippen molar-refractivity contribution in [1.29, 1.82) is 0 Å². The maximum absolute atomic E-state index is 11.6. The zero-order chi connectivity index (χ0) is 13.7. The van der Waals surface area contributed by atoms with Gasteiger partial charge in [0.15, 0.2) is 0 Å². The lowest BCUT2D eigenvalue weighted by molar-refractivity contribution is -0.219. The largest absolute Gasteiger partial charge is 0.466 e. The second kappa shape index (κ2) is 7.22. The lowest BCUT2D eigenvalue weighted by atomic mass is 9.87. The van der Waals surface area contributed by atoms with E-state index in [1.165, 1.54) is 0 Å². The Bertz CT molecular complexity index is 289. The van der Waals surface area contributed by atoms with E-state index < -0.39 is 0 Å². The molecule has 2 rings (SSSR count). The Balaban J connectivity index is 1.73. The van der Waals surface area contributed by atoms with E-state index in [9.17, 15) is 9.90 Å². The SMILES string of the molecule is CCOC(=O)C1CCC(ON2CCC[C@H]2CO)CC1. The first-order valence-corrected chi connectivity index (χ1v) is 7.45. The Labute approximate surface area is 114 Å². The van der Waals surface area contributed by atoms with Crippen molar-refractivity contribution in [3.8, 4) is 0 Å². The van der Waals surface area contributed by atoms with E-state index in [2.05, 4.69) is 0 Å². The van der Waals surface area contributed by atoms with E-state index in [0.717, 1.165) is 45.1 Å². The van der Waals surface area contributed by atoms with Gasteiger partial charge < -0.3 is 9.84 Å². The summed E-state index contributed by atoms with van der Waals surface area (Å²) in [6.07, 6.45) is 5.79. The third-order valence-corrected chi connectivity index (χ3v) is 4.11. The molecule has 1 aliphatic heterocycles. The van der Waals surface area contributed by atoms with Gasteiger partial charge in [0.2, 0.25) is 0 Å². The maximum Gasteiger partial charge on any atom is 0.308 e. The summed E-state index contributed by atoms with van der Waals surface area (Å²) in [5, 5.41) is 11.2. The number of rotatable bonds is 5. The van der Waals surface area contributed by atoms with Crippen molar-refractivity contribution in [3.05, 3.63) is 0 Å². The van der Waals surface area contributed by atoms with E-state index in [4.69, 9.17) is 9.57 Å². The topological polar surface area (TPSA) is 59.0 Å². The number of aliphatic hydroxyl groups excluding tert-OH is 1. The summed E-state index contributed by atoms with van der Waals surface area (Å²) in [7, 11) is 0. The summed E-state index contributed by atoms with van der Waals surface area (Å²) in [5.41, 5.74) is 0. The summed E-state index contributed by atoms with van der Waals surface area (Å²) in [6, 6.07) is 0.155. The lowest BCUT2D eigenvalue weighted by Gasteiger charge is -2.32. The number of hydrogen-bond acceptors (Lipinski definition) is 5. The van der Waals surface area contributed by atoms with Gasteiger partial charge in [-0.2, -0.15) is 5.06 Å². The van der Waals surface area contributed by atoms with Gasteiger partial charge in [0.1, 0.15) is 0 Å². The summed E-state index contributed by atoms with van der Waals surface area (Å²) in [6.45, 7) is 3.37. The molecule has 5 nitrogen and oxygen atoms in total. The van der Waals surface area contributed by atoms with Crippen LogP contribution in [0.15, 0.2) is 0 Å². The highest BCUT2D eigenvalue weighted by Crippen LogP contribution is 2.29. The van der Waals surface area contributed by atoms with Crippen molar-refractivity contribution in [3.63, 3.8) is 0 Å². The molecule has 1 atom stereocenters. The first-order chi connectivity index (χ1) is 9.24. The second-order valence-electron chi connectivity index (χ2n) is 5.45. The number of aliphatic hydroxyl groups is 1. The van der Waals surface area contributed by atoms with Gasteiger partial charge in [-0.05, 0) is 45.4 Å². The number of nitrogens with zero attached hydrogens (tertiary/aromatic N) is 1. The fraction of sp³-hybridized carbons (Fsp3) is 0.929. The molecule has 2 aliphatic rings. The molecule has 1 heterocycles. The van der Waals surface area contributed by atoms with E-state index in [1.807, 2.05) is 12.0 Å². The van der Waals surface area contributed by atoms with Gasteiger partial charge in [0.25, 0.3) is 0 Å². The zero-order valence-electron chi connectivity index (χ0n) is 11.7. The van der Waals surface area contributed by atoms with Gasteiger partial charge in [0.05, 0.1) is 31.3 Å². The standard InChI is InChI=1S/C14H25NO4/c1-2-18-14(17)11-5-7-13(8-6-11)19-15-9-3-4-12(15)10-16/h11-13,16H,2-10H2,1H3/t11?,12-,13?/m0/s1. The predicted octanol–water partition coefficient (Wildman–Crippen LogP) is 1.50. The average molecular weight is 271 g/mol. The van der Waals surface area contributed by atoms with Gasteiger partial charge >= 0.3 is 5.97 Å². The van der Waals surface area contributed by atoms with Crippen molar-refractivity contribution in [2.45, 2.75) is 57.6 Å². The van der Waals surface area contributed by atoms with Crippen molar-refractivity contribution >= 4 is 5.97 Å². The van der Waals surface area contributed by atoms with Crippen LogP contribution in [0.25, 0.3) is 0 Å². The molecule has 0 aromatic heterocycles. The molecule has 2 fully saturated rings. The van der Waals surface area contributed by atoms with Gasteiger partial charge in [0, 0.05) is 6.54 Å². The third-order valence-electron chi connectivity index (χ3n) is 4.11. The summed E-state index contributed by atoms with van der Waals surface area (Å²) in [4.78, 5) is 17.6. The maximum atomic E-state index is 11.6. The predicted molar refractivity (Wildman–Crippen MR) is 70.3 cm³/mol. The monoisotopic (exact) mass is 271 g/mol. The van der Waals surface area contributed by atoms with Crippen LogP contribution in [-0.4, -0.2) is 48.0 Å². The molecule has 1 saturated carbocycles. The summed E-state index contributed by atoms with van der Waals surface area (Å²) >= 11 is 0. The molecule has 19 heavy (non-hydrogen) atoms. The minimum Gasteiger partial charge on any atom is -0.466 e. The number of hydrogen-bond donors (Lipinski definition) is 1. The van der Waals surface area contributed by atoms with Gasteiger partial charge in [-0.3, -0.25) is 9.63 Å². The van der Waals surface area contributed by atoms with Crippen LogP contribution < -0.4 is 0 Å². The first-order valence-electron chi connectivity index (χ1n) is 7.45. The van der Waals surface area contributed by atoms with E-state index in [0.29, 0.717) is 6.61 Å². The third kappa shape index (κ3) is 3.91. The molecular weight excluding hydrogens is 246 g/mol. The Kier molecular flexibility index (Phi) is 5.60. The molecule has 1 aliphatic carbocycles. The van der Waals surface area contributed by atoms with Gasteiger partial charge in [-0.25, -0.2) is 0 Å². The fourth-order valence-electron chi connectivity index (χ4n) is 2.99. The second-order valence-corrected chi connectivity index (χ2v) is 5.45. The van der Waals surface area contributed by atoms with Crippen LogP contribution in [0.5, 0.6) is 0 Å². The molecule has 1 N–H and O–H groups in total. The molecule has 0 radical (unpaired) electrons. The number of carbonyl (C=O) groups excluding carboxylic acids is 1. The van der Waals surface area contributed by atoms with Gasteiger partial charge in [-0.15, -0.1) is 0 Å². The van der Waals surface area contributed by atoms with Crippen LogP contribution in [-0.2, 0) is 14.4 Å². The molecule has 0 spiro atoms. The lowest BCUT2D eigenvalue weighted by Crippen LogP contribution is -2.38. The molecule has 0 amide bonds. The zero-order valence-corrected chi connectivity index (χ0v) is 11.7. The summed E-state index contributed by atoms with van der Waals surface area (Å²) < 4.78 is 5.06. The van der Waals surface area contributed by atoms with Crippen molar-refractivity contribution in [1.82, 2.24) is 5.06 Å². The molecule has 0 bridgehead atoms. The molecule has 5 heteroatoms. The highest BCUT2D eigenvalue weighted by molar-refractivity contribution is 5.72. The first kappa shape index (κ1) is 14.8. The Hall–Kier alpha value is -0.650. The number of carbonyl (C=O) groups is 1. The number of ether oxygens (including phenoxy) is 1. The van der Waals surface area contributed by atoms with E-state index >= 15 is 0 Å². The van der Waals surface area contributed by atoms with Crippen molar-refractivity contribution in [2.75, 3.05) is 19.8 Å². The normalized spacial score (nSPS) is 32.4. The number of hydroxylamine groups is 2. The molecule has 1 saturated heterocycles. The Morgan fingerprint density at radius 3 is 2.63 bits per heavy atom. The van der Waals surface area contributed by atoms with E-state index in [-0.39, 0.29) is 30.6 Å². The van der Waals surface area contributed by atoms with Crippen molar-refractivity contribution in [2.24, 2.45) is 5.92 Å². The van der Waals surface area contributed by atoms with Crippen LogP contribution in [0.4, 0.5) is 0 Å². The van der Waals surface area contributed by atoms with Crippen LogP contribution in [0.1, 0.15) is 45.4 Å². The number of esters is 1. The molecule has 0 unspecified atom stereocenters. The van der Waals surface area contributed by atoms with Crippen LogP contribution in [0.2, 0.25) is 0 Å². The molecule has 0 aromatic rings. The quantitative estimate of drug-likeness (QED) is 0.768. The molecular formula is C14H25NO4. The van der Waals surface area contributed by atoms with Crippen LogP contribution in [0, 0.1) is 5.92 Å². The van der Waals surface area contributed by atoms with E-state index in [1.54, 1.807) is 0 Å². The molecule has 110 valence electrons. The van der Waals surface area contributed by atoms with Crippen LogP contribution >= 0.6 is 0 Å². The van der Waals surface area contributed by atoms with Gasteiger partial charge in [-0.1, -0.05) is 0 Å². The molecule has 0 aromatic carbocycles. The van der Waals surface area contributed by atoms with Crippen molar-refractivity contribution < 1.29 is 19.5 Å². The summed E-state index contributed by atoms with van der Waals surface area (Å²) in [5.74, 6) is -0.0117. The highest BCUT2D eigenvalue weighted by atomic mass is 16.7. The minimum atomic E-state index is -0.0599. The fourth-order valence-corrected chi connectivity index (χ4v) is 2.99.